The Labute approximate surface area is 157 Å². The summed E-state index contributed by atoms with van der Waals surface area (Å²) in [4.78, 5) is 26.5. The van der Waals surface area contributed by atoms with Crippen molar-refractivity contribution in [3.8, 4) is 11.1 Å². The average Bonchev–Trinajstić information content (AvgIpc) is 3.32. The molecule has 2 aromatic carbocycles. The smallest absolute Gasteiger partial charge is 0.292 e. The van der Waals surface area contributed by atoms with E-state index in [1.54, 1.807) is 11.0 Å². The van der Waals surface area contributed by atoms with Crippen molar-refractivity contribution in [1.29, 1.82) is 0 Å². The zero-order valence-electron chi connectivity index (χ0n) is 15.1. The van der Waals surface area contributed by atoms with E-state index in [1.165, 1.54) is 6.26 Å². The number of nitrogens with one attached hydrogen (secondary N) is 1. The monoisotopic (exact) mass is 360 g/mol. The fraction of sp³-hybridized carbons (Fsp3) is 0.182. The molecule has 0 spiro atoms. The molecule has 4 rings (SSSR count). The summed E-state index contributed by atoms with van der Waals surface area (Å²) in [6, 6.07) is 17.0. The molecule has 5 nitrogen and oxygen atoms in total. The van der Waals surface area contributed by atoms with E-state index in [1.807, 2.05) is 55.5 Å². The summed E-state index contributed by atoms with van der Waals surface area (Å²) in [5.41, 5.74) is 4.20. The van der Waals surface area contributed by atoms with Crippen LogP contribution in [0.15, 0.2) is 65.3 Å². The van der Waals surface area contributed by atoms with Crippen LogP contribution in [0.2, 0.25) is 0 Å². The van der Waals surface area contributed by atoms with E-state index in [2.05, 4.69) is 5.32 Å². The van der Waals surface area contributed by atoms with Crippen molar-refractivity contribution in [1.82, 2.24) is 0 Å². The number of hydrogen-bond donors (Lipinski definition) is 1. The van der Waals surface area contributed by atoms with Crippen LogP contribution in [0.25, 0.3) is 11.1 Å². The molecular weight excluding hydrogens is 340 g/mol. The van der Waals surface area contributed by atoms with Crippen LogP contribution in [-0.2, 0) is 4.79 Å². The van der Waals surface area contributed by atoms with E-state index in [4.69, 9.17) is 4.42 Å². The number of nitrogens with zero attached hydrogens (tertiary/aromatic N) is 1. The third-order valence-electron chi connectivity index (χ3n) is 4.78. The van der Waals surface area contributed by atoms with E-state index in [0.717, 1.165) is 35.3 Å². The topological polar surface area (TPSA) is 62.6 Å². The van der Waals surface area contributed by atoms with Crippen LogP contribution >= 0.6 is 0 Å². The van der Waals surface area contributed by atoms with Gasteiger partial charge in [0, 0.05) is 29.9 Å². The second-order valence-corrected chi connectivity index (χ2v) is 6.63. The molecule has 2 heterocycles. The molecular formula is C22H20N2O3. The minimum Gasteiger partial charge on any atom is -0.459 e. The van der Waals surface area contributed by atoms with Gasteiger partial charge in [0.1, 0.15) is 0 Å². The Bertz CT molecular complexity index is 992. The van der Waals surface area contributed by atoms with Gasteiger partial charge >= 0.3 is 0 Å². The molecule has 0 atom stereocenters. The van der Waals surface area contributed by atoms with Gasteiger partial charge in [-0.25, -0.2) is 0 Å². The minimum atomic E-state index is -0.303. The molecule has 5 heteroatoms. The summed E-state index contributed by atoms with van der Waals surface area (Å²) in [7, 11) is 0. The van der Waals surface area contributed by atoms with Crippen molar-refractivity contribution in [2.45, 2.75) is 19.8 Å². The zero-order chi connectivity index (χ0) is 18.8. The van der Waals surface area contributed by atoms with Crippen LogP contribution in [-0.4, -0.2) is 18.4 Å². The summed E-state index contributed by atoms with van der Waals surface area (Å²) in [5, 5.41) is 2.89. The van der Waals surface area contributed by atoms with E-state index in [0.29, 0.717) is 12.1 Å². The first-order valence-electron chi connectivity index (χ1n) is 8.99. The number of carbonyl (C=O) groups excluding carboxylic acids is 2. The quantitative estimate of drug-likeness (QED) is 0.737. The third-order valence-corrected chi connectivity index (χ3v) is 4.78. The van der Waals surface area contributed by atoms with Gasteiger partial charge in [-0.1, -0.05) is 30.3 Å². The van der Waals surface area contributed by atoms with E-state index in [9.17, 15) is 9.59 Å². The number of anilines is 2. The number of furan rings is 1. The first kappa shape index (κ1) is 17.1. The van der Waals surface area contributed by atoms with Crippen LogP contribution in [0, 0.1) is 6.92 Å². The number of rotatable bonds is 4. The Hall–Kier alpha value is -3.34. The van der Waals surface area contributed by atoms with Crippen molar-refractivity contribution in [2.24, 2.45) is 0 Å². The van der Waals surface area contributed by atoms with E-state index in [-0.39, 0.29) is 17.6 Å². The van der Waals surface area contributed by atoms with Gasteiger partial charge in [-0.15, -0.1) is 0 Å². The summed E-state index contributed by atoms with van der Waals surface area (Å²) in [5.74, 6) is 0.124. The van der Waals surface area contributed by atoms with Gasteiger partial charge in [0.25, 0.3) is 5.91 Å². The second-order valence-electron chi connectivity index (χ2n) is 6.63. The largest absolute Gasteiger partial charge is 0.459 e. The standard InChI is InChI=1S/C22H20N2O3/c1-15-14-17(9-10-19(15)24-12-5-8-20(24)25)23-22(26)21-18(11-13-27-21)16-6-3-2-4-7-16/h2-4,6-7,9-11,13-14H,5,8,12H2,1H3,(H,23,26). The molecule has 0 aliphatic carbocycles. The Balaban J connectivity index is 1.55. The van der Waals surface area contributed by atoms with Gasteiger partial charge in [-0.2, -0.15) is 0 Å². The second kappa shape index (κ2) is 7.11. The third kappa shape index (κ3) is 3.36. The summed E-state index contributed by atoms with van der Waals surface area (Å²) in [6.45, 7) is 2.69. The average molecular weight is 360 g/mol. The molecule has 1 aliphatic heterocycles. The predicted molar refractivity (Wildman–Crippen MR) is 105 cm³/mol. The van der Waals surface area contributed by atoms with E-state index >= 15 is 0 Å². The minimum absolute atomic E-state index is 0.151. The molecule has 3 aromatic rings. The summed E-state index contributed by atoms with van der Waals surface area (Å²) < 4.78 is 5.44. The maximum Gasteiger partial charge on any atom is 0.292 e. The Morgan fingerprint density at radius 1 is 1.11 bits per heavy atom. The maximum absolute atomic E-state index is 12.7. The van der Waals surface area contributed by atoms with Gasteiger partial charge in [0.05, 0.1) is 6.26 Å². The zero-order valence-corrected chi connectivity index (χ0v) is 15.1. The summed E-state index contributed by atoms with van der Waals surface area (Å²) >= 11 is 0. The highest BCUT2D eigenvalue weighted by Gasteiger charge is 2.23. The summed E-state index contributed by atoms with van der Waals surface area (Å²) in [6.07, 6.45) is 3.00. The van der Waals surface area contributed by atoms with Gasteiger partial charge < -0.3 is 14.6 Å². The highest BCUT2D eigenvalue weighted by molar-refractivity contribution is 6.07. The van der Waals surface area contributed by atoms with Crippen molar-refractivity contribution in [2.75, 3.05) is 16.8 Å². The SMILES string of the molecule is Cc1cc(NC(=O)c2occc2-c2ccccc2)ccc1N1CCCC1=O. The molecule has 1 aromatic heterocycles. The molecule has 1 N–H and O–H groups in total. The first-order valence-corrected chi connectivity index (χ1v) is 8.99. The molecule has 27 heavy (non-hydrogen) atoms. The molecule has 1 aliphatic rings. The number of aryl methyl sites for hydroxylation is 1. The van der Waals surface area contributed by atoms with Gasteiger partial charge in [-0.05, 0) is 48.7 Å². The molecule has 0 bridgehead atoms. The Kier molecular flexibility index (Phi) is 4.50. The number of hydrogen-bond acceptors (Lipinski definition) is 3. The molecule has 2 amide bonds. The molecule has 0 unspecified atom stereocenters. The Morgan fingerprint density at radius 3 is 2.63 bits per heavy atom. The lowest BCUT2D eigenvalue weighted by atomic mass is 10.1. The normalized spacial score (nSPS) is 13.8. The molecule has 136 valence electrons. The molecule has 1 fully saturated rings. The van der Waals surface area contributed by atoms with Crippen LogP contribution in [0.3, 0.4) is 0 Å². The Morgan fingerprint density at radius 2 is 1.93 bits per heavy atom. The van der Waals surface area contributed by atoms with Crippen LogP contribution in [0.5, 0.6) is 0 Å². The fourth-order valence-electron chi connectivity index (χ4n) is 3.46. The fourth-order valence-corrected chi connectivity index (χ4v) is 3.46. The highest BCUT2D eigenvalue weighted by Crippen LogP contribution is 2.29. The molecule has 0 saturated carbocycles. The number of carbonyl (C=O) groups is 2. The lowest BCUT2D eigenvalue weighted by Gasteiger charge is -2.19. The van der Waals surface area contributed by atoms with Gasteiger partial charge in [-0.3, -0.25) is 9.59 Å². The van der Waals surface area contributed by atoms with Crippen molar-refractivity contribution in [3.63, 3.8) is 0 Å². The first-order chi connectivity index (χ1) is 13.1. The maximum atomic E-state index is 12.7. The number of benzene rings is 2. The van der Waals surface area contributed by atoms with Crippen LogP contribution in [0.4, 0.5) is 11.4 Å². The van der Waals surface area contributed by atoms with Crippen molar-refractivity contribution in [3.05, 3.63) is 72.2 Å². The van der Waals surface area contributed by atoms with Crippen molar-refractivity contribution >= 4 is 23.2 Å². The lowest BCUT2D eigenvalue weighted by molar-refractivity contribution is -0.117. The molecule has 1 saturated heterocycles. The van der Waals surface area contributed by atoms with E-state index < -0.39 is 0 Å². The lowest BCUT2D eigenvalue weighted by Crippen LogP contribution is -2.24. The number of amides is 2. The highest BCUT2D eigenvalue weighted by atomic mass is 16.3. The van der Waals surface area contributed by atoms with Gasteiger partial charge in [0.15, 0.2) is 5.76 Å². The predicted octanol–water partition coefficient (Wildman–Crippen LogP) is 4.63. The van der Waals surface area contributed by atoms with Crippen LogP contribution in [0.1, 0.15) is 29.0 Å². The van der Waals surface area contributed by atoms with Gasteiger partial charge in [0.2, 0.25) is 5.91 Å². The van der Waals surface area contributed by atoms with Crippen molar-refractivity contribution < 1.29 is 14.0 Å². The van der Waals surface area contributed by atoms with Crippen LogP contribution < -0.4 is 10.2 Å². The molecule has 0 radical (unpaired) electrons.